The number of halogens is 3. The van der Waals surface area contributed by atoms with Gasteiger partial charge in [0.05, 0.1) is 23.2 Å². The van der Waals surface area contributed by atoms with Crippen molar-refractivity contribution in [3.8, 4) is 35.4 Å². The van der Waals surface area contributed by atoms with E-state index in [1.54, 1.807) is 4.90 Å². The number of pyridine rings is 1. The zero-order valence-corrected chi connectivity index (χ0v) is 28.8. The highest BCUT2D eigenvalue weighted by Gasteiger charge is 2.47. The number of ether oxygens (including phenoxy) is 2. The summed E-state index contributed by atoms with van der Waals surface area (Å²) in [7, 11) is 0. The molecule has 10 nitrogen and oxygen atoms in total. The molecule has 0 radical (unpaired) electrons. The Morgan fingerprint density at radius 3 is 2.41 bits per heavy atom. The van der Waals surface area contributed by atoms with Gasteiger partial charge in [-0.05, 0) is 96.0 Å². The molecule has 2 aromatic carbocycles. The van der Waals surface area contributed by atoms with Crippen molar-refractivity contribution in [1.29, 1.82) is 0 Å². The molecule has 2 atom stereocenters. The number of benzene rings is 2. The second-order valence-electron chi connectivity index (χ2n) is 15.2. The molecule has 8 rings (SSSR count). The van der Waals surface area contributed by atoms with Gasteiger partial charge >= 0.3 is 12.1 Å². The molecule has 4 aromatic rings. The van der Waals surface area contributed by atoms with Crippen molar-refractivity contribution in [2.45, 2.75) is 82.5 Å². The molecule has 2 aromatic heterocycles. The van der Waals surface area contributed by atoms with Crippen LogP contribution < -0.4 is 9.64 Å². The van der Waals surface area contributed by atoms with Crippen LogP contribution in [0.2, 0.25) is 0 Å². The Balaban J connectivity index is 1.26. The molecule has 2 unspecified atom stereocenters. The number of fused-ring (bicyclic) bond motifs is 5. The van der Waals surface area contributed by atoms with Gasteiger partial charge in [-0.25, -0.2) is 18.6 Å². The first-order valence-electron chi connectivity index (χ1n) is 17.5. The van der Waals surface area contributed by atoms with Crippen LogP contribution in [0.1, 0.15) is 64.9 Å². The maximum atomic E-state index is 17.0. The largest absolute Gasteiger partial charge is 0.508 e. The summed E-state index contributed by atoms with van der Waals surface area (Å²) in [4.78, 5) is 32.4. The number of aromatic hydroxyl groups is 1. The molecule has 2 bridgehead atoms. The van der Waals surface area contributed by atoms with E-state index in [9.17, 15) is 14.3 Å². The molecule has 0 saturated carbocycles. The Bertz CT molecular complexity index is 2110. The summed E-state index contributed by atoms with van der Waals surface area (Å²) in [5, 5.41) is 10.8. The van der Waals surface area contributed by atoms with Crippen molar-refractivity contribution >= 4 is 33.6 Å². The number of aromatic nitrogens is 3. The van der Waals surface area contributed by atoms with Crippen LogP contribution in [0.5, 0.6) is 11.8 Å². The predicted molar refractivity (Wildman–Crippen MR) is 185 cm³/mol. The average Bonchev–Trinajstić information content (AvgIpc) is 3.74. The monoisotopic (exact) mass is 700 g/mol. The number of rotatable bonds is 5. The summed E-state index contributed by atoms with van der Waals surface area (Å²) >= 11 is 0. The molecule has 4 aliphatic heterocycles. The van der Waals surface area contributed by atoms with Gasteiger partial charge in [-0.2, -0.15) is 14.4 Å². The zero-order valence-electron chi connectivity index (χ0n) is 28.8. The molecule has 6 heterocycles. The lowest BCUT2D eigenvalue weighted by atomic mass is 9.95. The Kier molecular flexibility index (Phi) is 7.94. The van der Waals surface area contributed by atoms with E-state index in [1.165, 1.54) is 18.2 Å². The van der Waals surface area contributed by atoms with E-state index in [1.807, 2.05) is 25.7 Å². The SMILES string of the molecule is C#Cc1c(F)ccc2cc(O)cc(-c3nc(F)c4c(N5CC6CCC(C5)N6C(=O)OC(C)(C)C)nc(OCC56CCCN5CCC6)nc4c3F)c12. The van der Waals surface area contributed by atoms with Crippen LogP contribution in [0.25, 0.3) is 32.9 Å². The van der Waals surface area contributed by atoms with Crippen molar-refractivity contribution < 1.29 is 32.5 Å². The molecule has 1 N–H and O–H groups in total. The highest BCUT2D eigenvalue weighted by atomic mass is 19.1. The molecule has 0 spiro atoms. The predicted octanol–water partition coefficient (Wildman–Crippen LogP) is 6.54. The lowest BCUT2D eigenvalue weighted by Gasteiger charge is -2.42. The standard InChI is InChI=1S/C38H39F3N6O4/c1-5-25-27(39)11-8-21-16-24(48)17-26(28(21)25)31-30(40)32-29(33(41)42-31)34(44-35(43-32)50-20-38-12-6-14-46(38)15-7-13-38)45-18-22-9-10-23(19-45)47(22)36(49)51-37(2,3)4/h1,8,11,16-17,22-23,48H,6-7,9-10,12-15,18-20H2,2-4H3. The number of terminal acetylenes is 1. The number of nitrogens with zero attached hydrogens (tertiary/aromatic N) is 6. The molecule has 266 valence electrons. The Labute approximate surface area is 293 Å². The average molecular weight is 701 g/mol. The number of carbonyl (C=O) groups is 1. The Morgan fingerprint density at radius 2 is 1.75 bits per heavy atom. The van der Waals surface area contributed by atoms with E-state index < -0.39 is 35.0 Å². The topological polar surface area (TPSA) is 104 Å². The van der Waals surface area contributed by atoms with Gasteiger partial charge < -0.3 is 19.5 Å². The van der Waals surface area contributed by atoms with Crippen LogP contribution in [0.4, 0.5) is 23.8 Å². The van der Waals surface area contributed by atoms with Crippen LogP contribution in [-0.2, 0) is 4.74 Å². The first-order valence-corrected chi connectivity index (χ1v) is 17.5. The molecule has 4 saturated heterocycles. The fourth-order valence-electron chi connectivity index (χ4n) is 8.67. The van der Waals surface area contributed by atoms with Crippen molar-refractivity contribution in [2.24, 2.45) is 0 Å². The molecular formula is C38H39F3N6O4. The number of hydrogen-bond acceptors (Lipinski definition) is 9. The second-order valence-corrected chi connectivity index (χ2v) is 15.2. The maximum absolute atomic E-state index is 17.0. The smallest absolute Gasteiger partial charge is 0.410 e. The van der Waals surface area contributed by atoms with Crippen molar-refractivity contribution in [1.82, 2.24) is 24.8 Å². The van der Waals surface area contributed by atoms with E-state index in [-0.39, 0.29) is 62.6 Å². The van der Waals surface area contributed by atoms with Gasteiger partial charge in [0.15, 0.2) is 5.82 Å². The second kappa shape index (κ2) is 12.1. The Hall–Kier alpha value is -4.83. The third-order valence-electron chi connectivity index (χ3n) is 10.8. The molecule has 0 aliphatic carbocycles. The summed E-state index contributed by atoms with van der Waals surface area (Å²) in [6, 6.07) is 4.50. The van der Waals surface area contributed by atoms with E-state index in [2.05, 4.69) is 20.8 Å². The highest BCUT2D eigenvalue weighted by molar-refractivity contribution is 6.03. The number of piperazine rings is 1. The summed E-state index contributed by atoms with van der Waals surface area (Å²) in [6.07, 6.45) is 10.7. The third-order valence-corrected chi connectivity index (χ3v) is 10.8. The van der Waals surface area contributed by atoms with Crippen molar-refractivity contribution in [3.63, 3.8) is 0 Å². The van der Waals surface area contributed by atoms with Gasteiger partial charge in [0.2, 0.25) is 5.95 Å². The van der Waals surface area contributed by atoms with Crippen LogP contribution in [0.3, 0.4) is 0 Å². The minimum absolute atomic E-state index is 0.0890. The highest BCUT2D eigenvalue weighted by Crippen LogP contribution is 2.43. The van der Waals surface area contributed by atoms with Crippen LogP contribution in [0, 0.1) is 29.9 Å². The van der Waals surface area contributed by atoms with Gasteiger partial charge in [0, 0.05) is 24.0 Å². The van der Waals surface area contributed by atoms with Gasteiger partial charge in [-0.1, -0.05) is 12.0 Å². The van der Waals surface area contributed by atoms with E-state index in [0.29, 0.717) is 37.9 Å². The number of phenols is 1. The van der Waals surface area contributed by atoms with E-state index in [4.69, 9.17) is 20.9 Å². The number of amides is 1. The molecular weight excluding hydrogens is 661 g/mol. The molecule has 4 aliphatic rings. The molecule has 4 fully saturated rings. The van der Waals surface area contributed by atoms with Crippen LogP contribution >= 0.6 is 0 Å². The van der Waals surface area contributed by atoms with Gasteiger partial charge in [-0.15, -0.1) is 6.42 Å². The molecule has 51 heavy (non-hydrogen) atoms. The summed E-state index contributed by atoms with van der Waals surface area (Å²) < 4.78 is 60.5. The van der Waals surface area contributed by atoms with Gasteiger partial charge in [0.25, 0.3) is 0 Å². The summed E-state index contributed by atoms with van der Waals surface area (Å²) in [5.41, 5.74) is -1.97. The number of hydrogen-bond donors (Lipinski definition) is 1. The van der Waals surface area contributed by atoms with Gasteiger partial charge in [-0.3, -0.25) is 9.80 Å². The lowest BCUT2D eigenvalue weighted by molar-refractivity contribution is 0.0122. The van der Waals surface area contributed by atoms with Crippen LogP contribution in [-0.4, -0.2) is 92.0 Å². The lowest BCUT2D eigenvalue weighted by Crippen LogP contribution is -2.57. The van der Waals surface area contributed by atoms with Crippen molar-refractivity contribution in [2.75, 3.05) is 37.7 Å². The minimum atomic E-state index is -1.06. The first kappa shape index (κ1) is 33.3. The number of anilines is 1. The zero-order chi connectivity index (χ0) is 35.8. The minimum Gasteiger partial charge on any atom is -0.508 e. The third kappa shape index (κ3) is 5.64. The molecule has 13 heteroatoms. The van der Waals surface area contributed by atoms with E-state index in [0.717, 1.165) is 44.8 Å². The fourth-order valence-corrected chi connectivity index (χ4v) is 8.67. The summed E-state index contributed by atoms with van der Waals surface area (Å²) in [5.74, 6) is -0.648. The Morgan fingerprint density at radius 1 is 1.04 bits per heavy atom. The normalized spacial score (nSPS) is 21.4. The van der Waals surface area contributed by atoms with Crippen LogP contribution in [0.15, 0.2) is 24.3 Å². The van der Waals surface area contributed by atoms with Gasteiger partial charge in [0.1, 0.15) is 46.2 Å². The first-order chi connectivity index (χ1) is 24.4. The quantitative estimate of drug-likeness (QED) is 0.184. The van der Waals surface area contributed by atoms with Crippen molar-refractivity contribution in [3.05, 3.63) is 47.4 Å². The molecule has 1 amide bonds. The fraction of sp³-hybridized carbons (Fsp3) is 0.474. The summed E-state index contributed by atoms with van der Waals surface area (Å²) in [6.45, 7) is 8.28. The van der Waals surface area contributed by atoms with E-state index >= 15 is 8.78 Å². The number of phenolic OH excluding ortho intramolecular Hbond substituents is 1. The number of carbonyl (C=O) groups excluding carboxylic acids is 1. The maximum Gasteiger partial charge on any atom is 0.410 e.